The van der Waals surface area contributed by atoms with Crippen LogP contribution in [0.25, 0.3) is 0 Å². The Labute approximate surface area is 124 Å². The molecule has 2 rings (SSSR count). The van der Waals surface area contributed by atoms with E-state index in [1.165, 1.54) is 6.07 Å². The topological polar surface area (TPSA) is 75.5 Å². The highest BCUT2D eigenvalue weighted by atomic mass is 16.6. The first kappa shape index (κ1) is 15.3. The fourth-order valence-corrected chi connectivity index (χ4v) is 2.60. The number of nitro groups is 1. The number of nitro benzene ring substituents is 1. The van der Waals surface area contributed by atoms with E-state index in [4.69, 9.17) is 0 Å². The number of carbonyl (C=O) groups excluding carboxylic acids is 1. The number of nitrogens with one attached hydrogen (secondary N) is 1. The predicted molar refractivity (Wildman–Crippen MR) is 81.6 cm³/mol. The highest BCUT2D eigenvalue weighted by molar-refractivity contribution is 6.00. The van der Waals surface area contributed by atoms with Gasteiger partial charge in [-0.3, -0.25) is 14.9 Å². The summed E-state index contributed by atoms with van der Waals surface area (Å²) in [5, 5.41) is 14.1. The first-order valence-electron chi connectivity index (χ1n) is 7.10. The number of para-hydroxylation sites is 1. The molecule has 1 aromatic rings. The molecule has 1 aliphatic rings. The summed E-state index contributed by atoms with van der Waals surface area (Å²) < 4.78 is 0. The summed E-state index contributed by atoms with van der Waals surface area (Å²) >= 11 is 0. The highest BCUT2D eigenvalue weighted by Gasteiger charge is 2.32. The zero-order valence-corrected chi connectivity index (χ0v) is 12.7. The standard InChI is InChI=1S/C15H21N3O3/c1-15(2)7-9-17(10-8-15)14(19)11-5-4-6-12(16-3)13(11)18(20)21/h4-6,16H,7-10H2,1-3H3. The minimum atomic E-state index is -0.493. The van der Waals surface area contributed by atoms with Crippen LogP contribution in [0, 0.1) is 15.5 Å². The maximum absolute atomic E-state index is 12.6. The van der Waals surface area contributed by atoms with Gasteiger partial charge in [0, 0.05) is 20.1 Å². The quantitative estimate of drug-likeness (QED) is 0.686. The van der Waals surface area contributed by atoms with Gasteiger partial charge in [0.15, 0.2) is 0 Å². The Morgan fingerprint density at radius 3 is 2.48 bits per heavy atom. The van der Waals surface area contributed by atoms with Gasteiger partial charge >= 0.3 is 5.69 Å². The van der Waals surface area contributed by atoms with Crippen LogP contribution >= 0.6 is 0 Å². The van der Waals surface area contributed by atoms with Crippen molar-refractivity contribution in [3.63, 3.8) is 0 Å². The van der Waals surface area contributed by atoms with Crippen LogP contribution in [0.1, 0.15) is 37.0 Å². The first-order chi connectivity index (χ1) is 9.85. The fourth-order valence-electron chi connectivity index (χ4n) is 2.60. The molecule has 1 N–H and O–H groups in total. The van der Waals surface area contributed by atoms with Gasteiger partial charge in [0.1, 0.15) is 11.3 Å². The van der Waals surface area contributed by atoms with Crippen molar-refractivity contribution in [2.24, 2.45) is 5.41 Å². The Kier molecular flexibility index (Phi) is 4.16. The molecule has 1 amide bonds. The lowest BCUT2D eigenvalue weighted by molar-refractivity contribution is -0.384. The van der Waals surface area contributed by atoms with Gasteiger partial charge in [0.25, 0.3) is 5.91 Å². The third kappa shape index (κ3) is 3.15. The summed E-state index contributed by atoms with van der Waals surface area (Å²) in [4.78, 5) is 25.1. The Morgan fingerprint density at radius 1 is 1.33 bits per heavy atom. The molecule has 1 aliphatic heterocycles. The van der Waals surface area contributed by atoms with Crippen LogP contribution < -0.4 is 5.32 Å². The lowest BCUT2D eigenvalue weighted by Crippen LogP contribution is -2.41. The number of nitrogens with zero attached hydrogens (tertiary/aromatic N) is 2. The SMILES string of the molecule is CNc1cccc(C(=O)N2CCC(C)(C)CC2)c1[N+](=O)[O-]. The molecule has 0 bridgehead atoms. The number of hydrogen-bond donors (Lipinski definition) is 1. The van der Waals surface area contributed by atoms with E-state index < -0.39 is 4.92 Å². The van der Waals surface area contributed by atoms with Crippen molar-refractivity contribution in [3.05, 3.63) is 33.9 Å². The molecule has 1 fully saturated rings. The largest absolute Gasteiger partial charge is 0.383 e. The molecule has 1 saturated heterocycles. The molecule has 0 saturated carbocycles. The van der Waals surface area contributed by atoms with Gasteiger partial charge < -0.3 is 10.2 Å². The minimum Gasteiger partial charge on any atom is -0.383 e. The second kappa shape index (κ2) is 5.71. The summed E-state index contributed by atoms with van der Waals surface area (Å²) in [5.41, 5.74) is 0.611. The average Bonchev–Trinajstić information content (AvgIpc) is 2.45. The molecule has 0 radical (unpaired) electrons. The Morgan fingerprint density at radius 2 is 1.95 bits per heavy atom. The highest BCUT2D eigenvalue weighted by Crippen LogP contribution is 2.33. The molecule has 6 heteroatoms. The smallest absolute Gasteiger partial charge is 0.305 e. The van der Waals surface area contributed by atoms with Crippen molar-refractivity contribution >= 4 is 17.3 Å². The summed E-state index contributed by atoms with van der Waals surface area (Å²) in [6.45, 7) is 5.65. The normalized spacial score (nSPS) is 17.4. The van der Waals surface area contributed by atoms with E-state index in [2.05, 4.69) is 19.2 Å². The maximum Gasteiger partial charge on any atom is 0.305 e. The molecule has 6 nitrogen and oxygen atoms in total. The van der Waals surface area contributed by atoms with E-state index in [1.54, 1.807) is 24.1 Å². The van der Waals surface area contributed by atoms with E-state index in [-0.39, 0.29) is 22.6 Å². The van der Waals surface area contributed by atoms with Crippen LogP contribution in [0.3, 0.4) is 0 Å². The molecular weight excluding hydrogens is 270 g/mol. The van der Waals surface area contributed by atoms with E-state index >= 15 is 0 Å². The monoisotopic (exact) mass is 291 g/mol. The number of rotatable bonds is 3. The van der Waals surface area contributed by atoms with Gasteiger partial charge in [0.2, 0.25) is 0 Å². The molecule has 0 spiro atoms. The number of piperidine rings is 1. The summed E-state index contributed by atoms with van der Waals surface area (Å²) in [7, 11) is 1.61. The molecular formula is C15H21N3O3. The van der Waals surface area contributed by atoms with Gasteiger partial charge in [0.05, 0.1) is 4.92 Å². The van der Waals surface area contributed by atoms with Gasteiger partial charge in [-0.2, -0.15) is 0 Å². The van der Waals surface area contributed by atoms with Gasteiger partial charge in [-0.15, -0.1) is 0 Å². The van der Waals surface area contributed by atoms with Crippen LogP contribution in [0.5, 0.6) is 0 Å². The number of amides is 1. The van der Waals surface area contributed by atoms with Crippen molar-refractivity contribution < 1.29 is 9.72 Å². The molecule has 0 unspecified atom stereocenters. The van der Waals surface area contributed by atoms with E-state index in [9.17, 15) is 14.9 Å². The number of benzene rings is 1. The molecule has 1 heterocycles. The number of anilines is 1. The Bertz CT molecular complexity index is 559. The van der Waals surface area contributed by atoms with Crippen LogP contribution in [0.15, 0.2) is 18.2 Å². The molecule has 1 aromatic carbocycles. The van der Waals surface area contributed by atoms with Crippen LogP contribution in [0.2, 0.25) is 0 Å². The molecule has 0 aromatic heterocycles. The van der Waals surface area contributed by atoms with Gasteiger partial charge in [-0.05, 0) is 30.4 Å². The first-order valence-corrected chi connectivity index (χ1v) is 7.10. The van der Waals surface area contributed by atoms with E-state index in [1.807, 2.05) is 0 Å². The predicted octanol–water partition coefficient (Wildman–Crippen LogP) is 2.90. The van der Waals surface area contributed by atoms with Crippen molar-refractivity contribution in [2.75, 3.05) is 25.5 Å². The maximum atomic E-state index is 12.6. The second-order valence-electron chi connectivity index (χ2n) is 6.17. The zero-order chi connectivity index (χ0) is 15.6. The number of hydrogen-bond acceptors (Lipinski definition) is 4. The lowest BCUT2D eigenvalue weighted by atomic mass is 9.82. The zero-order valence-electron chi connectivity index (χ0n) is 12.7. The van der Waals surface area contributed by atoms with Crippen molar-refractivity contribution in [1.82, 2.24) is 4.90 Å². The molecule has 21 heavy (non-hydrogen) atoms. The summed E-state index contributed by atoms with van der Waals surface area (Å²) in [6, 6.07) is 4.80. The fraction of sp³-hybridized carbons (Fsp3) is 0.533. The number of carbonyl (C=O) groups is 1. The summed E-state index contributed by atoms with van der Waals surface area (Å²) in [6.07, 6.45) is 1.83. The van der Waals surface area contributed by atoms with E-state index in [0.717, 1.165) is 12.8 Å². The number of likely N-dealkylation sites (tertiary alicyclic amines) is 1. The molecule has 0 aliphatic carbocycles. The molecule has 114 valence electrons. The third-order valence-electron chi connectivity index (χ3n) is 4.12. The van der Waals surface area contributed by atoms with Crippen molar-refractivity contribution in [3.8, 4) is 0 Å². The minimum absolute atomic E-state index is 0.144. The average molecular weight is 291 g/mol. The van der Waals surface area contributed by atoms with E-state index in [0.29, 0.717) is 18.8 Å². The molecule has 0 atom stereocenters. The van der Waals surface area contributed by atoms with Crippen molar-refractivity contribution in [1.29, 1.82) is 0 Å². The Hall–Kier alpha value is -2.11. The van der Waals surface area contributed by atoms with Gasteiger partial charge in [-0.25, -0.2) is 0 Å². The van der Waals surface area contributed by atoms with Crippen LogP contribution in [-0.2, 0) is 0 Å². The van der Waals surface area contributed by atoms with Gasteiger partial charge in [-0.1, -0.05) is 19.9 Å². The summed E-state index contributed by atoms with van der Waals surface area (Å²) in [5.74, 6) is -0.255. The third-order valence-corrected chi connectivity index (χ3v) is 4.12. The second-order valence-corrected chi connectivity index (χ2v) is 6.17. The van der Waals surface area contributed by atoms with Crippen molar-refractivity contribution in [2.45, 2.75) is 26.7 Å². The Balaban J connectivity index is 2.30. The van der Waals surface area contributed by atoms with Crippen LogP contribution in [-0.4, -0.2) is 35.9 Å². The lowest BCUT2D eigenvalue weighted by Gasteiger charge is -2.36. The van der Waals surface area contributed by atoms with Crippen LogP contribution in [0.4, 0.5) is 11.4 Å².